The molecule has 92 valence electrons. The predicted octanol–water partition coefficient (Wildman–Crippen LogP) is 2.21. The molecule has 1 fully saturated rings. The van der Waals surface area contributed by atoms with Gasteiger partial charge in [0.15, 0.2) is 0 Å². The fourth-order valence-electron chi connectivity index (χ4n) is 1.89. The topological polar surface area (TPSA) is 29.5 Å². The lowest BCUT2D eigenvalue weighted by atomic mass is 10.2. The van der Waals surface area contributed by atoms with Crippen LogP contribution in [0.3, 0.4) is 0 Å². The molecular weight excluding hydrogens is 214 g/mol. The molecule has 0 heterocycles. The van der Waals surface area contributed by atoms with Crippen LogP contribution in [-0.4, -0.2) is 30.1 Å². The van der Waals surface area contributed by atoms with Crippen molar-refractivity contribution in [3.05, 3.63) is 35.9 Å². The van der Waals surface area contributed by atoms with Gasteiger partial charge in [0.05, 0.1) is 0 Å². The molecule has 1 aliphatic rings. The summed E-state index contributed by atoms with van der Waals surface area (Å²) in [6.45, 7) is 2.50. The zero-order chi connectivity index (χ0) is 12.3. The second kappa shape index (κ2) is 5.32. The number of hydrogen-bond acceptors (Lipinski definition) is 2. The number of rotatable bonds is 5. The van der Waals surface area contributed by atoms with E-state index in [0.717, 1.165) is 12.8 Å². The Kier molecular flexibility index (Phi) is 3.79. The Morgan fingerprint density at radius 2 is 2.06 bits per heavy atom. The van der Waals surface area contributed by atoms with E-state index in [1.54, 1.807) is 7.11 Å². The second-order valence-corrected chi connectivity index (χ2v) is 4.56. The summed E-state index contributed by atoms with van der Waals surface area (Å²) >= 11 is 0. The van der Waals surface area contributed by atoms with Crippen LogP contribution in [0.1, 0.15) is 25.3 Å². The summed E-state index contributed by atoms with van der Waals surface area (Å²) in [5.41, 5.74) is 1.18. The summed E-state index contributed by atoms with van der Waals surface area (Å²) in [4.78, 5) is 14.1. The molecule has 3 heteroatoms. The molecule has 0 aliphatic heterocycles. The molecule has 1 aliphatic carbocycles. The molecule has 1 aromatic rings. The largest absolute Gasteiger partial charge is 0.372 e. The highest BCUT2D eigenvalue weighted by atomic mass is 16.5. The van der Waals surface area contributed by atoms with Crippen LogP contribution in [0.2, 0.25) is 0 Å². The fourth-order valence-corrected chi connectivity index (χ4v) is 1.89. The Morgan fingerprint density at radius 1 is 1.41 bits per heavy atom. The monoisotopic (exact) mass is 233 g/mol. The number of carbonyl (C=O) groups excluding carboxylic acids is 1. The van der Waals surface area contributed by atoms with E-state index in [1.165, 1.54) is 5.56 Å². The lowest BCUT2D eigenvalue weighted by molar-refractivity contribution is -0.142. The van der Waals surface area contributed by atoms with Crippen molar-refractivity contribution >= 4 is 5.91 Å². The highest BCUT2D eigenvalue weighted by Gasteiger charge is 2.34. The molecule has 3 nitrogen and oxygen atoms in total. The summed E-state index contributed by atoms with van der Waals surface area (Å²) in [7, 11) is 1.58. The van der Waals surface area contributed by atoms with Crippen molar-refractivity contribution in [3.8, 4) is 0 Å². The molecule has 0 aromatic heterocycles. The summed E-state index contributed by atoms with van der Waals surface area (Å²) < 4.78 is 5.12. The van der Waals surface area contributed by atoms with E-state index in [0.29, 0.717) is 12.6 Å². The molecule has 0 spiro atoms. The number of carbonyl (C=O) groups is 1. The molecule has 0 unspecified atom stereocenters. The zero-order valence-corrected chi connectivity index (χ0v) is 10.4. The molecule has 0 radical (unpaired) electrons. The quantitative estimate of drug-likeness (QED) is 0.780. The van der Waals surface area contributed by atoms with E-state index in [9.17, 15) is 4.79 Å². The van der Waals surface area contributed by atoms with Crippen molar-refractivity contribution in [1.82, 2.24) is 4.90 Å². The lowest BCUT2D eigenvalue weighted by Gasteiger charge is -2.25. The third kappa shape index (κ3) is 3.07. The molecule has 1 atom stereocenters. The summed E-state index contributed by atoms with van der Waals surface area (Å²) in [6, 6.07) is 10.5. The first kappa shape index (κ1) is 12.1. The van der Waals surface area contributed by atoms with Gasteiger partial charge in [-0.2, -0.15) is 0 Å². The van der Waals surface area contributed by atoms with Gasteiger partial charge in [0.1, 0.15) is 6.10 Å². The highest BCUT2D eigenvalue weighted by Crippen LogP contribution is 2.29. The van der Waals surface area contributed by atoms with Crippen molar-refractivity contribution in [2.45, 2.75) is 38.5 Å². The van der Waals surface area contributed by atoms with Gasteiger partial charge in [0, 0.05) is 19.7 Å². The smallest absolute Gasteiger partial charge is 0.251 e. The normalized spacial score (nSPS) is 16.6. The van der Waals surface area contributed by atoms with Crippen LogP contribution in [-0.2, 0) is 16.1 Å². The average molecular weight is 233 g/mol. The maximum absolute atomic E-state index is 12.2. The van der Waals surface area contributed by atoms with Gasteiger partial charge in [-0.3, -0.25) is 4.79 Å². The Bertz CT molecular complexity index is 373. The molecule has 0 bridgehead atoms. The second-order valence-electron chi connectivity index (χ2n) is 4.56. The first-order valence-corrected chi connectivity index (χ1v) is 6.09. The first-order chi connectivity index (χ1) is 8.22. The molecule has 1 aromatic carbocycles. The highest BCUT2D eigenvalue weighted by molar-refractivity contribution is 5.81. The molecule has 1 amide bonds. The number of amides is 1. The van der Waals surface area contributed by atoms with Crippen LogP contribution in [0.15, 0.2) is 30.3 Å². The zero-order valence-electron chi connectivity index (χ0n) is 10.4. The summed E-state index contributed by atoms with van der Waals surface area (Å²) in [5, 5.41) is 0. The number of benzene rings is 1. The number of methoxy groups -OCH3 is 1. The van der Waals surface area contributed by atoms with Gasteiger partial charge < -0.3 is 9.64 Å². The Balaban J connectivity index is 2.05. The van der Waals surface area contributed by atoms with Crippen LogP contribution in [0.4, 0.5) is 0 Å². The molecule has 0 N–H and O–H groups in total. The fraction of sp³-hybridized carbons (Fsp3) is 0.500. The van der Waals surface area contributed by atoms with Crippen molar-refractivity contribution in [2.75, 3.05) is 7.11 Å². The van der Waals surface area contributed by atoms with Gasteiger partial charge in [0.2, 0.25) is 0 Å². The van der Waals surface area contributed by atoms with Crippen LogP contribution < -0.4 is 0 Å². The van der Waals surface area contributed by atoms with Crippen molar-refractivity contribution < 1.29 is 9.53 Å². The van der Waals surface area contributed by atoms with Gasteiger partial charge in [-0.25, -0.2) is 0 Å². The van der Waals surface area contributed by atoms with Gasteiger partial charge >= 0.3 is 0 Å². The van der Waals surface area contributed by atoms with Gasteiger partial charge in [0.25, 0.3) is 5.91 Å². The molecule has 2 rings (SSSR count). The minimum atomic E-state index is -0.348. The van der Waals surface area contributed by atoms with E-state index in [-0.39, 0.29) is 12.0 Å². The Morgan fingerprint density at radius 3 is 2.59 bits per heavy atom. The standard InChI is InChI=1S/C14H19NO2/c1-11(17-2)14(16)15(13-8-9-13)10-12-6-4-3-5-7-12/h3-7,11,13H,8-10H2,1-2H3/t11-/m0/s1. The third-order valence-electron chi connectivity index (χ3n) is 3.17. The maximum atomic E-state index is 12.2. The number of ether oxygens (including phenoxy) is 1. The number of nitrogens with zero attached hydrogens (tertiary/aromatic N) is 1. The van der Waals surface area contributed by atoms with Gasteiger partial charge in [-0.15, -0.1) is 0 Å². The minimum Gasteiger partial charge on any atom is -0.372 e. The molecule has 0 saturated heterocycles. The molecule has 17 heavy (non-hydrogen) atoms. The van der Waals surface area contributed by atoms with Crippen LogP contribution in [0, 0.1) is 0 Å². The van der Waals surface area contributed by atoms with Crippen LogP contribution >= 0.6 is 0 Å². The molecular formula is C14H19NO2. The SMILES string of the molecule is CO[C@@H](C)C(=O)N(Cc1ccccc1)C1CC1. The van der Waals surface area contributed by atoms with Crippen LogP contribution in [0.5, 0.6) is 0 Å². The third-order valence-corrected chi connectivity index (χ3v) is 3.17. The van der Waals surface area contributed by atoms with Gasteiger partial charge in [-0.1, -0.05) is 30.3 Å². The minimum absolute atomic E-state index is 0.0962. The van der Waals surface area contributed by atoms with Crippen molar-refractivity contribution in [3.63, 3.8) is 0 Å². The summed E-state index contributed by atoms with van der Waals surface area (Å²) in [5.74, 6) is 0.0962. The maximum Gasteiger partial charge on any atom is 0.251 e. The number of hydrogen-bond donors (Lipinski definition) is 0. The van der Waals surface area contributed by atoms with E-state index in [4.69, 9.17) is 4.74 Å². The average Bonchev–Trinajstić information content (AvgIpc) is 3.19. The predicted molar refractivity (Wildman–Crippen MR) is 66.5 cm³/mol. The van der Waals surface area contributed by atoms with Gasteiger partial charge in [-0.05, 0) is 25.3 Å². The summed E-state index contributed by atoms with van der Waals surface area (Å²) in [6.07, 6.45) is 1.89. The van der Waals surface area contributed by atoms with E-state index < -0.39 is 0 Å². The van der Waals surface area contributed by atoms with E-state index in [1.807, 2.05) is 30.0 Å². The molecule has 1 saturated carbocycles. The van der Waals surface area contributed by atoms with E-state index >= 15 is 0 Å². The van der Waals surface area contributed by atoms with E-state index in [2.05, 4.69) is 12.1 Å². The lowest BCUT2D eigenvalue weighted by Crippen LogP contribution is -2.39. The van der Waals surface area contributed by atoms with Crippen LogP contribution in [0.25, 0.3) is 0 Å². The Hall–Kier alpha value is -1.35. The van der Waals surface area contributed by atoms with Crippen molar-refractivity contribution in [2.24, 2.45) is 0 Å². The van der Waals surface area contributed by atoms with Crippen molar-refractivity contribution in [1.29, 1.82) is 0 Å². The Labute approximate surface area is 102 Å². The first-order valence-electron chi connectivity index (χ1n) is 6.09.